The Kier molecular flexibility index (Phi) is 8.14. The molecule has 2 aliphatic rings. The van der Waals surface area contributed by atoms with Crippen LogP contribution in [0.4, 0.5) is 0 Å². The Labute approximate surface area is 223 Å². The fraction of sp³-hybridized carbons (Fsp3) is 0.448. The van der Waals surface area contributed by atoms with Crippen molar-refractivity contribution in [2.24, 2.45) is 0 Å². The van der Waals surface area contributed by atoms with Gasteiger partial charge >= 0.3 is 5.97 Å². The Balaban J connectivity index is 1.37. The number of benzene rings is 2. The molecule has 2 aromatic rings. The lowest BCUT2D eigenvalue weighted by Gasteiger charge is -2.38. The lowest BCUT2D eigenvalue weighted by Crippen LogP contribution is -2.45. The molecule has 4 rings (SSSR count). The Morgan fingerprint density at radius 1 is 1.14 bits per heavy atom. The van der Waals surface area contributed by atoms with Gasteiger partial charge in [0.2, 0.25) is 5.91 Å². The SMILES string of the molecule is COc1c(C)c2c(c(OC)c1CC=C(C)CCC(=O)N1CCC(O)(c3ccc(Cl)cc3)CC1)C(=O)OC2. The van der Waals surface area contributed by atoms with E-state index in [1.165, 1.54) is 0 Å². The van der Waals surface area contributed by atoms with Crippen LogP contribution in [0.3, 0.4) is 0 Å². The monoisotopic (exact) mass is 527 g/mol. The Bertz CT molecular complexity index is 1210. The highest BCUT2D eigenvalue weighted by molar-refractivity contribution is 6.30. The molecule has 0 atom stereocenters. The van der Waals surface area contributed by atoms with Crippen molar-refractivity contribution in [3.05, 3.63) is 68.8 Å². The molecule has 0 aromatic heterocycles. The maximum Gasteiger partial charge on any atom is 0.342 e. The summed E-state index contributed by atoms with van der Waals surface area (Å²) in [6.45, 7) is 5.16. The minimum Gasteiger partial charge on any atom is -0.496 e. The van der Waals surface area contributed by atoms with E-state index in [-0.39, 0.29) is 18.5 Å². The fourth-order valence-corrected chi connectivity index (χ4v) is 5.38. The zero-order valence-electron chi connectivity index (χ0n) is 21.9. The van der Waals surface area contributed by atoms with Crippen molar-refractivity contribution in [3.63, 3.8) is 0 Å². The van der Waals surface area contributed by atoms with Gasteiger partial charge in [-0.25, -0.2) is 4.79 Å². The average molecular weight is 528 g/mol. The Hall–Kier alpha value is -3.03. The van der Waals surface area contributed by atoms with Crippen molar-refractivity contribution >= 4 is 23.5 Å². The molecule has 2 aliphatic heterocycles. The molecule has 0 unspecified atom stereocenters. The second-order valence-corrected chi connectivity index (χ2v) is 10.2. The van der Waals surface area contributed by atoms with E-state index in [1.54, 1.807) is 26.4 Å². The van der Waals surface area contributed by atoms with E-state index in [0.29, 0.717) is 67.3 Å². The van der Waals surface area contributed by atoms with Gasteiger partial charge in [0, 0.05) is 35.7 Å². The summed E-state index contributed by atoms with van der Waals surface area (Å²) in [6, 6.07) is 7.26. The number of nitrogens with zero attached hydrogens (tertiary/aromatic N) is 1. The van der Waals surface area contributed by atoms with Crippen molar-refractivity contribution in [2.75, 3.05) is 27.3 Å². The number of amides is 1. The van der Waals surface area contributed by atoms with Gasteiger partial charge < -0.3 is 24.2 Å². The van der Waals surface area contributed by atoms with Gasteiger partial charge in [0.15, 0.2) is 0 Å². The van der Waals surface area contributed by atoms with Crippen LogP contribution in [0.25, 0.3) is 0 Å². The number of carbonyl (C=O) groups is 2. The summed E-state index contributed by atoms with van der Waals surface area (Å²) in [4.78, 5) is 27.0. The minimum atomic E-state index is -0.935. The molecule has 1 N–H and O–H groups in total. The molecule has 0 radical (unpaired) electrons. The summed E-state index contributed by atoms with van der Waals surface area (Å²) in [6.07, 6.45) is 4.56. The first-order valence-electron chi connectivity index (χ1n) is 12.5. The third-order valence-electron chi connectivity index (χ3n) is 7.54. The summed E-state index contributed by atoms with van der Waals surface area (Å²) in [7, 11) is 3.15. The van der Waals surface area contributed by atoms with Gasteiger partial charge in [-0.3, -0.25) is 4.79 Å². The summed E-state index contributed by atoms with van der Waals surface area (Å²) in [5.74, 6) is 0.879. The molecule has 7 nitrogen and oxygen atoms in total. The molecule has 0 spiro atoms. The lowest BCUT2D eigenvalue weighted by molar-refractivity contribution is -0.135. The molecule has 37 heavy (non-hydrogen) atoms. The molecule has 0 aliphatic carbocycles. The van der Waals surface area contributed by atoms with Gasteiger partial charge in [0.25, 0.3) is 0 Å². The summed E-state index contributed by atoms with van der Waals surface area (Å²) in [5.41, 5.74) is 3.92. The highest BCUT2D eigenvalue weighted by atomic mass is 35.5. The van der Waals surface area contributed by atoms with Crippen molar-refractivity contribution in [1.29, 1.82) is 0 Å². The molecule has 2 aromatic carbocycles. The normalized spacial score (nSPS) is 16.9. The van der Waals surface area contributed by atoms with E-state index in [2.05, 4.69) is 6.08 Å². The van der Waals surface area contributed by atoms with E-state index in [0.717, 1.165) is 27.8 Å². The fourth-order valence-electron chi connectivity index (χ4n) is 5.25. The molecule has 0 bridgehead atoms. The van der Waals surface area contributed by atoms with Crippen LogP contribution in [-0.4, -0.2) is 49.2 Å². The number of hydrogen-bond donors (Lipinski definition) is 1. The summed E-state index contributed by atoms with van der Waals surface area (Å²) < 4.78 is 16.5. The van der Waals surface area contributed by atoms with Crippen molar-refractivity contribution < 1.29 is 28.9 Å². The predicted molar refractivity (Wildman–Crippen MR) is 141 cm³/mol. The largest absolute Gasteiger partial charge is 0.496 e. The summed E-state index contributed by atoms with van der Waals surface area (Å²) in [5, 5.41) is 11.7. The van der Waals surface area contributed by atoms with Crippen LogP contribution in [0.2, 0.25) is 5.02 Å². The second kappa shape index (κ2) is 11.2. The van der Waals surface area contributed by atoms with Crippen molar-refractivity contribution in [1.82, 2.24) is 4.90 Å². The number of fused-ring (bicyclic) bond motifs is 1. The Morgan fingerprint density at radius 2 is 1.78 bits per heavy atom. The maximum absolute atomic E-state index is 12.9. The molecule has 2 heterocycles. The standard InChI is InChI=1S/C29H34ClNO6/c1-18(5-11-22-26(35-3)19(2)23-17-37-28(33)25(23)27(22)36-4)6-12-24(32)31-15-13-29(34,14-16-31)20-7-9-21(30)10-8-20/h5,7-10,34H,6,11-17H2,1-4H3. The molecule has 0 saturated carbocycles. The number of rotatable bonds is 8. The van der Waals surface area contributed by atoms with E-state index in [4.69, 9.17) is 25.8 Å². The molecule has 1 saturated heterocycles. The van der Waals surface area contributed by atoms with Crippen LogP contribution in [0.5, 0.6) is 11.5 Å². The first-order chi connectivity index (χ1) is 17.7. The highest BCUT2D eigenvalue weighted by Gasteiger charge is 2.35. The average Bonchev–Trinajstić information content (AvgIpc) is 3.28. The maximum atomic E-state index is 12.9. The minimum absolute atomic E-state index is 0.0807. The van der Waals surface area contributed by atoms with Gasteiger partial charge in [0.05, 0.1) is 19.8 Å². The van der Waals surface area contributed by atoms with Crippen molar-refractivity contribution in [3.8, 4) is 11.5 Å². The topological polar surface area (TPSA) is 85.3 Å². The molecular formula is C29H34ClNO6. The Morgan fingerprint density at radius 3 is 2.41 bits per heavy atom. The quantitative estimate of drug-likeness (QED) is 0.379. The second-order valence-electron chi connectivity index (χ2n) is 9.77. The number of esters is 1. The van der Waals surface area contributed by atoms with Crippen LogP contribution in [0.15, 0.2) is 35.9 Å². The van der Waals surface area contributed by atoms with Crippen molar-refractivity contribution in [2.45, 2.75) is 58.2 Å². The van der Waals surface area contributed by atoms with Gasteiger partial charge in [-0.2, -0.15) is 0 Å². The third kappa shape index (κ3) is 5.48. The van der Waals surface area contributed by atoms with E-state index in [9.17, 15) is 14.7 Å². The van der Waals surface area contributed by atoms with Gasteiger partial charge in [0.1, 0.15) is 23.7 Å². The number of aliphatic hydroxyl groups is 1. The first-order valence-corrected chi connectivity index (χ1v) is 12.9. The number of halogens is 1. The molecule has 1 fully saturated rings. The number of piperidine rings is 1. The van der Waals surface area contributed by atoms with Gasteiger partial charge in [-0.1, -0.05) is 35.4 Å². The number of ether oxygens (including phenoxy) is 3. The van der Waals surface area contributed by atoms with E-state index < -0.39 is 5.60 Å². The van der Waals surface area contributed by atoms with Gasteiger partial charge in [-0.05, 0) is 62.8 Å². The number of hydrogen-bond acceptors (Lipinski definition) is 6. The van der Waals surface area contributed by atoms with Crippen LogP contribution >= 0.6 is 11.6 Å². The molecule has 8 heteroatoms. The predicted octanol–water partition coefficient (Wildman–Crippen LogP) is 5.12. The van der Waals surface area contributed by atoms with Gasteiger partial charge in [-0.15, -0.1) is 0 Å². The molecule has 198 valence electrons. The van der Waals surface area contributed by atoms with Crippen LogP contribution in [-0.2, 0) is 28.2 Å². The van der Waals surface area contributed by atoms with E-state index in [1.807, 2.05) is 30.9 Å². The van der Waals surface area contributed by atoms with Crippen LogP contribution in [0, 0.1) is 6.92 Å². The molecule has 1 amide bonds. The van der Waals surface area contributed by atoms with E-state index >= 15 is 0 Å². The summed E-state index contributed by atoms with van der Waals surface area (Å²) >= 11 is 5.97. The van der Waals surface area contributed by atoms with Crippen LogP contribution < -0.4 is 9.47 Å². The third-order valence-corrected chi connectivity index (χ3v) is 7.79. The lowest BCUT2D eigenvalue weighted by atomic mass is 9.84. The number of methoxy groups -OCH3 is 2. The number of allylic oxidation sites excluding steroid dienone is 2. The smallest absolute Gasteiger partial charge is 0.342 e. The zero-order chi connectivity index (χ0) is 26.7. The zero-order valence-corrected chi connectivity index (χ0v) is 22.6. The molecular weight excluding hydrogens is 494 g/mol. The number of likely N-dealkylation sites (tertiary alicyclic amines) is 1. The highest BCUT2D eigenvalue weighted by Crippen LogP contribution is 2.42. The first kappa shape index (κ1) is 27.0. The number of cyclic esters (lactones) is 1. The number of carbonyl (C=O) groups excluding carboxylic acids is 2. The van der Waals surface area contributed by atoms with Crippen LogP contribution in [0.1, 0.15) is 65.2 Å².